The first-order valence-electron chi connectivity index (χ1n) is 10.8. The fourth-order valence-corrected chi connectivity index (χ4v) is 4.16. The lowest BCUT2D eigenvalue weighted by Crippen LogP contribution is -2.25. The molecule has 1 fully saturated rings. The molecule has 6 rings (SSSR count). The number of rotatable bonds is 4. The van der Waals surface area contributed by atoms with Crippen molar-refractivity contribution in [3.8, 4) is 11.6 Å². The first kappa shape index (κ1) is 19.0. The fraction of sp³-hybridized carbons (Fsp3) is 0.304. The first-order valence-corrected chi connectivity index (χ1v) is 10.8. The largest absolute Gasteiger partial charge is 0.438 e. The summed E-state index contributed by atoms with van der Waals surface area (Å²) in [6, 6.07) is 7.18. The molecule has 4 aromatic rings. The van der Waals surface area contributed by atoms with Gasteiger partial charge in [0.2, 0.25) is 5.88 Å². The van der Waals surface area contributed by atoms with E-state index >= 15 is 0 Å². The summed E-state index contributed by atoms with van der Waals surface area (Å²) in [6.07, 6.45) is 6.34. The minimum Gasteiger partial charge on any atom is -0.438 e. The number of benzene rings is 1. The van der Waals surface area contributed by atoms with Gasteiger partial charge in [-0.2, -0.15) is 0 Å². The van der Waals surface area contributed by atoms with Crippen LogP contribution in [0.25, 0.3) is 10.9 Å². The van der Waals surface area contributed by atoms with Crippen molar-refractivity contribution in [3.63, 3.8) is 0 Å². The van der Waals surface area contributed by atoms with Gasteiger partial charge in [0.05, 0.1) is 11.2 Å². The van der Waals surface area contributed by atoms with Crippen LogP contribution in [0.5, 0.6) is 11.6 Å². The summed E-state index contributed by atoms with van der Waals surface area (Å²) >= 11 is 0. The van der Waals surface area contributed by atoms with E-state index in [0.717, 1.165) is 65.8 Å². The molecule has 1 aliphatic heterocycles. The molecule has 1 saturated carbocycles. The minimum atomic E-state index is -0.291. The van der Waals surface area contributed by atoms with Gasteiger partial charge in [0.15, 0.2) is 5.82 Å². The summed E-state index contributed by atoms with van der Waals surface area (Å²) in [4.78, 5) is 21.6. The van der Waals surface area contributed by atoms with Gasteiger partial charge >= 0.3 is 6.03 Å². The Morgan fingerprint density at radius 2 is 2.19 bits per heavy atom. The third-order valence-electron chi connectivity index (χ3n) is 6.10. The van der Waals surface area contributed by atoms with E-state index in [1.807, 2.05) is 25.1 Å². The predicted molar refractivity (Wildman–Crippen MR) is 117 cm³/mol. The number of carbonyl (C=O) groups is 1. The number of anilines is 1. The average molecular weight is 430 g/mol. The number of nitrogens with zero attached hydrogens (tertiary/aromatic N) is 4. The van der Waals surface area contributed by atoms with Crippen LogP contribution >= 0.6 is 0 Å². The molecule has 0 bridgehead atoms. The third-order valence-corrected chi connectivity index (χ3v) is 6.10. The van der Waals surface area contributed by atoms with Crippen molar-refractivity contribution in [2.45, 2.75) is 38.6 Å². The molecule has 1 aliphatic carbocycles. The molecule has 0 radical (unpaired) electrons. The van der Waals surface area contributed by atoms with Gasteiger partial charge in [0.1, 0.15) is 17.8 Å². The average Bonchev–Trinajstić information content (AvgIpc) is 3.39. The number of fused-ring (bicyclic) bond motifs is 2. The molecular weight excluding hydrogens is 408 g/mol. The topological polar surface area (TPSA) is 107 Å². The lowest BCUT2D eigenvalue weighted by Gasteiger charge is -2.19. The summed E-state index contributed by atoms with van der Waals surface area (Å²) in [5, 5.41) is 11.0. The number of aryl methyl sites for hydroxylation is 1. The van der Waals surface area contributed by atoms with E-state index < -0.39 is 0 Å². The van der Waals surface area contributed by atoms with Gasteiger partial charge in [-0.25, -0.2) is 14.8 Å². The van der Waals surface area contributed by atoms with Crippen LogP contribution in [0, 0.1) is 6.92 Å². The molecular formula is C23H22N6O3. The van der Waals surface area contributed by atoms with Crippen LogP contribution in [-0.2, 0) is 13.0 Å². The quantitative estimate of drug-likeness (QED) is 0.501. The van der Waals surface area contributed by atoms with Gasteiger partial charge in [0, 0.05) is 41.2 Å². The maximum absolute atomic E-state index is 12.8. The Morgan fingerprint density at radius 3 is 3.06 bits per heavy atom. The van der Waals surface area contributed by atoms with E-state index in [4.69, 9.17) is 9.26 Å². The molecule has 1 amide bonds. The summed E-state index contributed by atoms with van der Waals surface area (Å²) in [6.45, 7) is 3.58. The van der Waals surface area contributed by atoms with Gasteiger partial charge in [-0.1, -0.05) is 5.16 Å². The van der Waals surface area contributed by atoms with E-state index in [9.17, 15) is 4.79 Å². The molecule has 0 unspecified atom stereocenters. The van der Waals surface area contributed by atoms with Crippen molar-refractivity contribution >= 4 is 22.8 Å². The first-order chi connectivity index (χ1) is 15.7. The SMILES string of the molecule is Cc1c(Oc2ncnc3c2CCNC3)ccc2c1ccn2C(=O)Nc1cc(C2CC2)on1. The Kier molecular flexibility index (Phi) is 4.43. The van der Waals surface area contributed by atoms with Crippen LogP contribution in [0.4, 0.5) is 10.6 Å². The van der Waals surface area contributed by atoms with Crippen molar-refractivity contribution in [1.29, 1.82) is 0 Å². The van der Waals surface area contributed by atoms with Gasteiger partial charge < -0.3 is 14.6 Å². The Balaban J connectivity index is 1.27. The Hall–Kier alpha value is -3.72. The molecule has 4 heterocycles. The fourth-order valence-electron chi connectivity index (χ4n) is 4.16. The number of hydrogen-bond donors (Lipinski definition) is 2. The monoisotopic (exact) mass is 430 g/mol. The van der Waals surface area contributed by atoms with E-state index in [1.54, 1.807) is 16.8 Å². The summed E-state index contributed by atoms with van der Waals surface area (Å²) in [5.41, 5.74) is 3.74. The maximum atomic E-state index is 12.8. The van der Waals surface area contributed by atoms with Crippen molar-refractivity contribution in [2.24, 2.45) is 0 Å². The smallest absolute Gasteiger partial charge is 0.331 e. The van der Waals surface area contributed by atoms with Crippen LogP contribution in [0.15, 0.2) is 41.3 Å². The molecule has 1 aromatic carbocycles. The summed E-state index contributed by atoms with van der Waals surface area (Å²) < 4.78 is 13.1. The molecule has 162 valence electrons. The van der Waals surface area contributed by atoms with Crippen molar-refractivity contribution in [3.05, 3.63) is 59.4 Å². The van der Waals surface area contributed by atoms with Crippen molar-refractivity contribution < 1.29 is 14.1 Å². The number of hydrogen-bond acceptors (Lipinski definition) is 7. The van der Waals surface area contributed by atoms with Gasteiger partial charge in [0.25, 0.3) is 0 Å². The van der Waals surface area contributed by atoms with E-state index in [1.165, 1.54) is 6.33 Å². The molecule has 3 aromatic heterocycles. The Bertz CT molecular complexity index is 1340. The highest BCUT2D eigenvalue weighted by molar-refractivity contribution is 5.99. The zero-order valence-corrected chi connectivity index (χ0v) is 17.6. The van der Waals surface area contributed by atoms with Crippen LogP contribution in [0.2, 0.25) is 0 Å². The molecule has 9 heteroatoms. The zero-order valence-electron chi connectivity index (χ0n) is 17.6. The highest BCUT2D eigenvalue weighted by atomic mass is 16.5. The standard InChI is InChI=1S/C23H22N6O3/c1-13-15-7-9-29(23(30)27-21-10-20(32-28-21)14-2-3-14)18(15)4-5-19(13)31-22-16-6-8-24-11-17(16)25-12-26-22/h4-5,7,9-10,12,14,24H,2-3,6,8,11H2,1H3,(H,27,28,30). The summed E-state index contributed by atoms with van der Waals surface area (Å²) in [5.74, 6) is 3.00. The van der Waals surface area contributed by atoms with Gasteiger partial charge in [-0.05, 0) is 50.9 Å². The molecule has 0 saturated heterocycles. The molecule has 0 atom stereocenters. The summed E-state index contributed by atoms with van der Waals surface area (Å²) in [7, 11) is 0. The zero-order chi connectivity index (χ0) is 21.7. The second kappa shape index (κ2) is 7.45. The van der Waals surface area contributed by atoms with Crippen molar-refractivity contribution in [1.82, 2.24) is 25.0 Å². The molecule has 32 heavy (non-hydrogen) atoms. The maximum Gasteiger partial charge on any atom is 0.331 e. The van der Waals surface area contributed by atoms with Gasteiger partial charge in [-0.15, -0.1) is 0 Å². The number of aromatic nitrogens is 4. The van der Waals surface area contributed by atoms with E-state index in [-0.39, 0.29) is 6.03 Å². The lowest BCUT2D eigenvalue weighted by molar-refractivity contribution is 0.254. The predicted octanol–water partition coefficient (Wildman–Crippen LogP) is 4.12. The van der Waals surface area contributed by atoms with Gasteiger partial charge in [-0.3, -0.25) is 9.88 Å². The number of amides is 1. The minimum absolute atomic E-state index is 0.291. The molecule has 9 nitrogen and oxygen atoms in total. The molecule has 2 N–H and O–H groups in total. The highest BCUT2D eigenvalue weighted by Crippen LogP contribution is 2.40. The number of carbonyl (C=O) groups excluding carboxylic acids is 1. The van der Waals surface area contributed by atoms with Crippen LogP contribution < -0.4 is 15.4 Å². The number of ether oxygens (including phenoxy) is 1. The highest BCUT2D eigenvalue weighted by Gasteiger charge is 2.28. The Labute approximate surface area is 183 Å². The van der Waals surface area contributed by atoms with E-state index in [0.29, 0.717) is 23.4 Å². The normalized spacial score (nSPS) is 15.5. The van der Waals surface area contributed by atoms with Crippen LogP contribution in [0.3, 0.4) is 0 Å². The van der Waals surface area contributed by atoms with Crippen molar-refractivity contribution in [2.75, 3.05) is 11.9 Å². The lowest BCUT2D eigenvalue weighted by atomic mass is 10.1. The van der Waals surface area contributed by atoms with Crippen LogP contribution in [-0.4, -0.2) is 32.3 Å². The Morgan fingerprint density at radius 1 is 1.28 bits per heavy atom. The number of nitrogens with one attached hydrogen (secondary N) is 2. The van der Waals surface area contributed by atoms with Crippen LogP contribution in [0.1, 0.15) is 41.3 Å². The molecule has 2 aliphatic rings. The second-order valence-corrected chi connectivity index (χ2v) is 8.26. The molecule has 0 spiro atoms. The van der Waals surface area contributed by atoms with E-state index in [2.05, 4.69) is 25.8 Å². The second-order valence-electron chi connectivity index (χ2n) is 8.26. The third kappa shape index (κ3) is 3.31.